The lowest BCUT2D eigenvalue weighted by atomic mass is 9.73. The van der Waals surface area contributed by atoms with E-state index in [1.807, 2.05) is 13.8 Å². The number of carbonyl (C=O) groups is 4. The van der Waals surface area contributed by atoms with E-state index in [4.69, 9.17) is 32.5 Å². The number of benzene rings is 1. The molecule has 33 heavy (non-hydrogen) atoms. The maximum absolute atomic E-state index is 12.6. The van der Waals surface area contributed by atoms with Crippen LogP contribution in [0.5, 0.6) is 0 Å². The van der Waals surface area contributed by atoms with Gasteiger partial charge in [-0.15, -0.1) is 0 Å². The quantitative estimate of drug-likeness (QED) is 0.422. The number of hydrogen-bond acceptors (Lipinski definition) is 7. The second kappa shape index (κ2) is 14.1. The summed E-state index contributed by atoms with van der Waals surface area (Å²) in [7, 11) is 2.07. The van der Waals surface area contributed by atoms with Gasteiger partial charge in [0.05, 0.1) is 29.6 Å². The molecule has 2 amide bonds. The van der Waals surface area contributed by atoms with Crippen molar-refractivity contribution in [3.05, 3.63) is 33.8 Å². The summed E-state index contributed by atoms with van der Waals surface area (Å²) in [5.41, 5.74) is 0.128. The van der Waals surface area contributed by atoms with Crippen LogP contribution in [-0.4, -0.2) is 68.9 Å². The molecule has 0 heterocycles. The Kier molecular flexibility index (Phi) is 12.3. The highest BCUT2D eigenvalue weighted by Gasteiger charge is 2.39. The molecule has 1 aromatic carbocycles. The predicted octanol–water partition coefficient (Wildman–Crippen LogP) is 2.34. The molecule has 2 N–H and O–H groups in total. The van der Waals surface area contributed by atoms with Gasteiger partial charge in [0.1, 0.15) is 0 Å². The number of nitrogens with one attached hydrogen (secondary N) is 2. The molecule has 182 valence electrons. The van der Waals surface area contributed by atoms with Gasteiger partial charge < -0.3 is 19.9 Å². The van der Waals surface area contributed by atoms with Gasteiger partial charge in [-0.3, -0.25) is 24.1 Å². The van der Waals surface area contributed by atoms with Crippen LogP contribution in [0.1, 0.15) is 44.0 Å². The lowest BCUT2D eigenvalue weighted by Crippen LogP contribution is -2.54. The zero-order chi connectivity index (χ0) is 25.1. The summed E-state index contributed by atoms with van der Waals surface area (Å²) < 4.78 is 10.7. The fourth-order valence-corrected chi connectivity index (χ4v) is 3.13. The maximum atomic E-state index is 12.6. The fourth-order valence-electron chi connectivity index (χ4n) is 2.76. The van der Waals surface area contributed by atoms with Crippen molar-refractivity contribution < 1.29 is 28.5 Å². The summed E-state index contributed by atoms with van der Waals surface area (Å²) >= 11 is 11.9. The first-order valence-corrected chi connectivity index (χ1v) is 11.2. The van der Waals surface area contributed by atoms with Crippen LogP contribution < -0.4 is 10.6 Å². The van der Waals surface area contributed by atoms with E-state index < -0.39 is 36.8 Å². The van der Waals surface area contributed by atoms with Crippen LogP contribution in [0, 0.1) is 5.92 Å². The molecule has 12 heteroatoms. The number of likely N-dealkylation sites (N-methyl/N-ethyl adjacent to an activating group) is 1. The van der Waals surface area contributed by atoms with Crippen LogP contribution in [0.3, 0.4) is 0 Å². The number of amides is 2. The van der Waals surface area contributed by atoms with E-state index in [0.29, 0.717) is 11.4 Å². The Morgan fingerprint density at radius 1 is 1.09 bits per heavy atom. The number of carbonyl (C=O) groups excluding carboxylic acids is 4. The molecule has 0 unspecified atom stereocenters. The molecule has 0 aliphatic carbocycles. The molecule has 1 atom stereocenters. The molecular weight excluding hydrogens is 472 g/mol. The molecule has 0 aliphatic rings. The van der Waals surface area contributed by atoms with Gasteiger partial charge in [-0.2, -0.15) is 0 Å². The zero-order valence-corrected chi connectivity index (χ0v) is 21.0. The van der Waals surface area contributed by atoms with Gasteiger partial charge >= 0.3 is 13.1 Å². The number of nitrogens with zero attached hydrogens (tertiary/aromatic N) is 1. The molecular formula is C21H30BCl2N3O6. The molecule has 9 nitrogen and oxygen atoms in total. The Hall–Kier alpha value is -2.30. The van der Waals surface area contributed by atoms with Gasteiger partial charge in [-0.25, -0.2) is 0 Å². The summed E-state index contributed by atoms with van der Waals surface area (Å²) in [5.74, 6) is -3.07. The van der Waals surface area contributed by atoms with Crippen LogP contribution in [-0.2, 0) is 23.7 Å². The molecule has 0 saturated carbocycles. The first-order chi connectivity index (χ1) is 15.4. The van der Waals surface area contributed by atoms with Crippen molar-refractivity contribution >= 4 is 54.1 Å². The first-order valence-electron chi connectivity index (χ1n) is 10.5. The number of rotatable bonds is 12. The summed E-state index contributed by atoms with van der Waals surface area (Å²) in [4.78, 5) is 50.7. The Labute approximate surface area is 204 Å². The smallest absolute Gasteiger partial charge is 0.498 e. The standard InChI is InChI=1S/C21H30BCl2N3O6/c1-6-19(29)32-22(33-20(30)12-27(4)5)17(9-13(2)3)26-18(28)11-25-21(31)15-10-14(23)7-8-16(15)24/h7-8,10,13,17H,6,9,11-12H2,1-5H3,(H,25,31)(H,26,28)/t17-/m0/s1. The minimum atomic E-state index is -1.31. The van der Waals surface area contributed by atoms with Crippen molar-refractivity contribution in [1.29, 1.82) is 0 Å². The summed E-state index contributed by atoms with van der Waals surface area (Å²) in [6.07, 6.45) is 0.428. The second-order valence-corrected chi connectivity index (χ2v) is 8.89. The number of halogens is 2. The monoisotopic (exact) mass is 501 g/mol. The van der Waals surface area contributed by atoms with E-state index in [0.717, 1.165) is 0 Å². The lowest BCUT2D eigenvalue weighted by molar-refractivity contribution is -0.141. The Morgan fingerprint density at radius 3 is 2.30 bits per heavy atom. The van der Waals surface area contributed by atoms with Gasteiger partial charge in [-0.1, -0.05) is 44.0 Å². The van der Waals surface area contributed by atoms with Gasteiger partial charge in [0, 0.05) is 11.4 Å². The van der Waals surface area contributed by atoms with Crippen molar-refractivity contribution in [1.82, 2.24) is 15.5 Å². The highest BCUT2D eigenvalue weighted by Crippen LogP contribution is 2.20. The predicted molar refractivity (Wildman–Crippen MR) is 127 cm³/mol. The molecule has 1 aromatic rings. The van der Waals surface area contributed by atoms with Crippen LogP contribution in [0.4, 0.5) is 0 Å². The topological polar surface area (TPSA) is 114 Å². The van der Waals surface area contributed by atoms with Gasteiger partial charge in [0.25, 0.3) is 11.9 Å². The van der Waals surface area contributed by atoms with Crippen molar-refractivity contribution in [2.24, 2.45) is 5.92 Å². The molecule has 0 aliphatic heterocycles. The molecule has 0 saturated heterocycles. The molecule has 0 spiro atoms. The third-order valence-electron chi connectivity index (χ3n) is 4.21. The SMILES string of the molecule is CCC(=O)OB(OC(=O)CN(C)C)[C@H](CC(C)C)NC(=O)CNC(=O)c1cc(Cl)ccc1Cl. The highest BCUT2D eigenvalue weighted by atomic mass is 35.5. The minimum Gasteiger partial charge on any atom is -0.498 e. The Bertz CT molecular complexity index is 853. The third-order valence-corrected chi connectivity index (χ3v) is 4.78. The summed E-state index contributed by atoms with van der Waals surface area (Å²) in [5, 5.41) is 5.67. The molecule has 0 aromatic heterocycles. The molecule has 0 bridgehead atoms. The third kappa shape index (κ3) is 10.9. The maximum Gasteiger partial charge on any atom is 0.622 e. The molecule has 0 fully saturated rings. The van der Waals surface area contributed by atoms with Crippen LogP contribution >= 0.6 is 23.2 Å². The van der Waals surface area contributed by atoms with E-state index in [9.17, 15) is 19.2 Å². The van der Waals surface area contributed by atoms with E-state index in [1.165, 1.54) is 12.1 Å². The normalized spacial score (nSPS) is 11.7. The summed E-state index contributed by atoms with van der Waals surface area (Å²) in [6, 6.07) is 4.41. The highest BCUT2D eigenvalue weighted by molar-refractivity contribution is 6.51. The van der Waals surface area contributed by atoms with Crippen LogP contribution in [0.25, 0.3) is 0 Å². The molecule has 0 radical (unpaired) electrons. The van der Waals surface area contributed by atoms with Crippen molar-refractivity contribution in [3.63, 3.8) is 0 Å². The van der Waals surface area contributed by atoms with Gasteiger partial charge in [-0.05, 0) is 44.6 Å². The van der Waals surface area contributed by atoms with Crippen LogP contribution in [0.15, 0.2) is 18.2 Å². The van der Waals surface area contributed by atoms with Crippen molar-refractivity contribution in [2.45, 2.75) is 39.6 Å². The average molecular weight is 502 g/mol. The molecule has 1 rings (SSSR count). The van der Waals surface area contributed by atoms with Crippen molar-refractivity contribution in [3.8, 4) is 0 Å². The van der Waals surface area contributed by atoms with E-state index in [2.05, 4.69) is 10.6 Å². The average Bonchev–Trinajstić information content (AvgIpc) is 2.71. The minimum absolute atomic E-state index is 0.0288. The van der Waals surface area contributed by atoms with E-state index in [1.54, 1.807) is 32.0 Å². The zero-order valence-electron chi connectivity index (χ0n) is 19.4. The Morgan fingerprint density at radius 2 is 1.73 bits per heavy atom. The largest absolute Gasteiger partial charge is 0.622 e. The van der Waals surface area contributed by atoms with Crippen molar-refractivity contribution in [2.75, 3.05) is 27.2 Å². The second-order valence-electron chi connectivity index (χ2n) is 8.05. The van der Waals surface area contributed by atoms with E-state index in [-0.39, 0.29) is 36.0 Å². The van der Waals surface area contributed by atoms with Crippen LogP contribution in [0.2, 0.25) is 10.0 Å². The fraction of sp³-hybridized carbons (Fsp3) is 0.524. The van der Waals surface area contributed by atoms with Gasteiger partial charge in [0.2, 0.25) is 5.91 Å². The first kappa shape index (κ1) is 28.7. The lowest BCUT2D eigenvalue weighted by Gasteiger charge is -2.25. The summed E-state index contributed by atoms with van der Waals surface area (Å²) in [6.45, 7) is 5.01. The number of hydrogen-bond donors (Lipinski definition) is 2. The Balaban J connectivity index is 2.90. The van der Waals surface area contributed by atoms with Gasteiger partial charge in [0.15, 0.2) is 0 Å². The van der Waals surface area contributed by atoms with E-state index >= 15 is 0 Å².